The lowest BCUT2D eigenvalue weighted by Crippen LogP contribution is -2.41. The third-order valence-electron chi connectivity index (χ3n) is 4.04. The number of hydrogen-bond acceptors (Lipinski definition) is 3. The van der Waals surface area contributed by atoms with Gasteiger partial charge in [-0.15, -0.1) is 0 Å². The van der Waals surface area contributed by atoms with E-state index in [4.69, 9.17) is 5.11 Å². The molecule has 0 amide bonds. The Hall–Kier alpha value is -0.610. The van der Waals surface area contributed by atoms with Crippen LogP contribution in [0.1, 0.15) is 25.7 Å². The first-order valence-electron chi connectivity index (χ1n) is 6.40. The van der Waals surface area contributed by atoms with Gasteiger partial charge in [0.15, 0.2) is 0 Å². The third-order valence-corrected chi connectivity index (χ3v) is 4.04. The summed E-state index contributed by atoms with van der Waals surface area (Å²) in [5.74, 6) is 1.03. The lowest BCUT2D eigenvalue weighted by atomic mass is 9.79. The average Bonchev–Trinajstić information content (AvgIpc) is 2.30. The number of likely N-dealkylation sites (tertiary alicyclic amines) is 1. The number of aliphatic carboxylic acids is 1. The van der Waals surface area contributed by atoms with Crippen molar-refractivity contribution in [2.45, 2.75) is 25.7 Å². The van der Waals surface area contributed by atoms with Gasteiger partial charge in [-0.25, -0.2) is 0 Å². The summed E-state index contributed by atoms with van der Waals surface area (Å²) in [7, 11) is 0. The van der Waals surface area contributed by atoms with Crippen molar-refractivity contribution in [2.24, 2.45) is 11.8 Å². The molecule has 0 aliphatic carbocycles. The minimum absolute atomic E-state index is 0.221. The number of nitrogens with one attached hydrogen (secondary N) is 1. The van der Waals surface area contributed by atoms with Gasteiger partial charge in [-0.2, -0.15) is 0 Å². The van der Waals surface area contributed by atoms with Crippen LogP contribution in [0.4, 0.5) is 0 Å². The highest BCUT2D eigenvalue weighted by atomic mass is 16.4. The molecular formula is C12H22N2O2. The van der Waals surface area contributed by atoms with Crippen LogP contribution in [-0.2, 0) is 4.79 Å². The Labute approximate surface area is 97.0 Å². The Morgan fingerprint density at radius 3 is 2.25 bits per heavy atom. The van der Waals surface area contributed by atoms with Crippen molar-refractivity contribution >= 4 is 5.97 Å². The van der Waals surface area contributed by atoms with Gasteiger partial charge in [-0.1, -0.05) is 0 Å². The zero-order valence-electron chi connectivity index (χ0n) is 9.82. The van der Waals surface area contributed by atoms with E-state index in [2.05, 4.69) is 10.2 Å². The molecule has 0 atom stereocenters. The highest BCUT2D eigenvalue weighted by Gasteiger charge is 2.27. The standard InChI is InChI=1S/C12H22N2O2/c15-12(16)9-14-7-3-11(4-8-14)10-1-5-13-6-2-10/h10-11,13H,1-9H2,(H,15,16). The van der Waals surface area contributed by atoms with Crippen LogP contribution in [0.3, 0.4) is 0 Å². The first-order chi connectivity index (χ1) is 7.75. The normalized spacial score (nSPS) is 25.8. The molecule has 2 saturated heterocycles. The molecule has 0 aromatic rings. The maximum absolute atomic E-state index is 10.6. The fourth-order valence-corrected chi connectivity index (χ4v) is 3.09. The number of carboxylic acids is 1. The van der Waals surface area contributed by atoms with Crippen molar-refractivity contribution in [3.8, 4) is 0 Å². The fourth-order valence-electron chi connectivity index (χ4n) is 3.09. The molecule has 0 bridgehead atoms. The predicted octanol–water partition coefficient (Wildman–Crippen LogP) is 0.783. The van der Waals surface area contributed by atoms with Crippen LogP contribution >= 0.6 is 0 Å². The van der Waals surface area contributed by atoms with Gasteiger partial charge in [0.2, 0.25) is 0 Å². The Morgan fingerprint density at radius 1 is 1.12 bits per heavy atom. The molecule has 0 unspecified atom stereocenters. The van der Waals surface area contributed by atoms with E-state index in [0.29, 0.717) is 0 Å². The molecular weight excluding hydrogens is 204 g/mol. The van der Waals surface area contributed by atoms with Gasteiger partial charge in [-0.3, -0.25) is 9.69 Å². The Kier molecular flexibility index (Phi) is 4.18. The fraction of sp³-hybridized carbons (Fsp3) is 0.917. The van der Waals surface area contributed by atoms with Crippen LogP contribution < -0.4 is 5.32 Å². The van der Waals surface area contributed by atoms with Crippen LogP contribution in [0, 0.1) is 11.8 Å². The first-order valence-corrected chi connectivity index (χ1v) is 6.40. The Morgan fingerprint density at radius 2 is 1.69 bits per heavy atom. The molecule has 2 N–H and O–H groups in total. The quantitative estimate of drug-likeness (QED) is 0.747. The second-order valence-corrected chi connectivity index (χ2v) is 5.09. The summed E-state index contributed by atoms with van der Waals surface area (Å²) in [6.45, 7) is 4.50. The number of nitrogens with zero attached hydrogens (tertiary/aromatic N) is 1. The lowest BCUT2D eigenvalue weighted by Gasteiger charge is -2.37. The predicted molar refractivity (Wildman–Crippen MR) is 62.4 cm³/mol. The summed E-state index contributed by atoms with van der Waals surface area (Å²) < 4.78 is 0. The van der Waals surface area contributed by atoms with Gasteiger partial charge < -0.3 is 10.4 Å². The molecule has 2 rings (SSSR count). The van der Waals surface area contributed by atoms with Crippen LogP contribution in [0.2, 0.25) is 0 Å². The highest BCUT2D eigenvalue weighted by molar-refractivity contribution is 5.69. The molecule has 4 heteroatoms. The van der Waals surface area contributed by atoms with E-state index in [9.17, 15) is 4.79 Å². The molecule has 2 fully saturated rings. The van der Waals surface area contributed by atoms with Gasteiger partial charge in [0.05, 0.1) is 6.54 Å². The molecule has 0 radical (unpaired) electrons. The topological polar surface area (TPSA) is 52.6 Å². The van der Waals surface area contributed by atoms with Crippen LogP contribution in [0.15, 0.2) is 0 Å². The maximum Gasteiger partial charge on any atom is 0.317 e. The van der Waals surface area contributed by atoms with E-state index in [1.165, 1.54) is 38.8 Å². The van der Waals surface area contributed by atoms with Crippen molar-refractivity contribution in [3.63, 3.8) is 0 Å². The monoisotopic (exact) mass is 226 g/mol. The van der Waals surface area contributed by atoms with Gasteiger partial charge in [0, 0.05) is 0 Å². The molecule has 2 heterocycles. The molecule has 4 nitrogen and oxygen atoms in total. The largest absolute Gasteiger partial charge is 0.480 e. The minimum atomic E-state index is -0.694. The van der Waals surface area contributed by atoms with E-state index in [0.717, 1.165) is 24.9 Å². The maximum atomic E-state index is 10.6. The van der Waals surface area contributed by atoms with Crippen LogP contribution in [0.5, 0.6) is 0 Å². The second kappa shape index (κ2) is 5.64. The Balaban J connectivity index is 1.73. The van der Waals surface area contributed by atoms with E-state index in [1.807, 2.05) is 0 Å². The second-order valence-electron chi connectivity index (χ2n) is 5.09. The summed E-state index contributed by atoms with van der Waals surface area (Å²) in [5.41, 5.74) is 0. The molecule has 2 aliphatic heterocycles. The Bertz CT molecular complexity index is 231. The molecule has 16 heavy (non-hydrogen) atoms. The molecule has 0 aromatic heterocycles. The van der Waals surface area contributed by atoms with Crippen molar-refractivity contribution in [1.82, 2.24) is 10.2 Å². The molecule has 0 aromatic carbocycles. The van der Waals surface area contributed by atoms with E-state index < -0.39 is 5.97 Å². The zero-order chi connectivity index (χ0) is 11.4. The number of rotatable bonds is 3. The highest BCUT2D eigenvalue weighted by Crippen LogP contribution is 2.30. The van der Waals surface area contributed by atoms with Crippen molar-refractivity contribution < 1.29 is 9.90 Å². The summed E-state index contributed by atoms with van der Waals surface area (Å²) in [5, 5.41) is 12.1. The van der Waals surface area contributed by atoms with Crippen molar-refractivity contribution in [1.29, 1.82) is 0 Å². The summed E-state index contributed by atoms with van der Waals surface area (Å²) in [6.07, 6.45) is 5.00. The molecule has 0 saturated carbocycles. The van der Waals surface area contributed by atoms with Gasteiger partial charge in [0.1, 0.15) is 0 Å². The van der Waals surface area contributed by atoms with Crippen molar-refractivity contribution in [2.75, 3.05) is 32.7 Å². The molecule has 2 aliphatic rings. The lowest BCUT2D eigenvalue weighted by molar-refractivity contribution is -0.138. The van der Waals surface area contributed by atoms with E-state index in [1.54, 1.807) is 0 Å². The third kappa shape index (κ3) is 3.19. The van der Waals surface area contributed by atoms with Gasteiger partial charge >= 0.3 is 5.97 Å². The van der Waals surface area contributed by atoms with Gasteiger partial charge in [0.25, 0.3) is 0 Å². The first kappa shape index (κ1) is 11.9. The number of carboxylic acid groups (broad SMARTS) is 1. The van der Waals surface area contributed by atoms with Crippen molar-refractivity contribution in [3.05, 3.63) is 0 Å². The molecule has 92 valence electrons. The average molecular weight is 226 g/mol. The summed E-state index contributed by atoms with van der Waals surface area (Å²) in [6, 6.07) is 0. The molecule has 0 spiro atoms. The number of carbonyl (C=O) groups is 1. The van der Waals surface area contributed by atoms with E-state index in [-0.39, 0.29) is 6.54 Å². The minimum Gasteiger partial charge on any atom is -0.480 e. The smallest absolute Gasteiger partial charge is 0.317 e. The summed E-state index contributed by atoms with van der Waals surface area (Å²) >= 11 is 0. The van der Waals surface area contributed by atoms with Crippen LogP contribution in [0.25, 0.3) is 0 Å². The van der Waals surface area contributed by atoms with Gasteiger partial charge in [-0.05, 0) is 63.7 Å². The van der Waals surface area contributed by atoms with E-state index >= 15 is 0 Å². The summed E-state index contributed by atoms with van der Waals surface area (Å²) in [4.78, 5) is 12.7. The number of hydrogen-bond donors (Lipinski definition) is 2. The number of piperidine rings is 2. The SMILES string of the molecule is O=C(O)CN1CCC(C2CCNCC2)CC1. The van der Waals surface area contributed by atoms with Crippen LogP contribution in [-0.4, -0.2) is 48.7 Å². The zero-order valence-corrected chi connectivity index (χ0v) is 9.82.